The molecule has 0 radical (unpaired) electrons. The van der Waals surface area contributed by atoms with E-state index >= 15 is 0 Å². The summed E-state index contributed by atoms with van der Waals surface area (Å²) in [5.41, 5.74) is 0. The van der Waals surface area contributed by atoms with Crippen LogP contribution in [-0.2, 0) is 9.47 Å². The lowest BCUT2D eigenvalue weighted by atomic mass is 10.4. The molecule has 0 bridgehead atoms. The third-order valence-corrected chi connectivity index (χ3v) is 1.36. The first-order valence-corrected chi connectivity index (χ1v) is 3.60. The second-order valence-electron chi connectivity index (χ2n) is 2.37. The summed E-state index contributed by atoms with van der Waals surface area (Å²) in [5.74, 6) is 0. The van der Waals surface area contributed by atoms with Gasteiger partial charge in [-0.3, -0.25) is 0 Å². The van der Waals surface area contributed by atoms with Gasteiger partial charge in [0.25, 0.3) is 0 Å². The molecule has 2 atom stereocenters. The van der Waals surface area contributed by atoms with Crippen LogP contribution in [0, 0.1) is 0 Å². The molecule has 0 rings (SSSR count). The highest BCUT2D eigenvalue weighted by atomic mass is 16.5. The zero-order valence-electron chi connectivity index (χ0n) is 6.99. The molecule has 2 N–H and O–H groups in total. The van der Waals surface area contributed by atoms with E-state index in [1.54, 1.807) is 6.92 Å². The fraction of sp³-hybridized carbons (Fsp3) is 1.00. The number of hydrogen-bond donors (Lipinski definition) is 2. The second-order valence-corrected chi connectivity index (χ2v) is 2.37. The lowest BCUT2D eigenvalue weighted by Gasteiger charge is -2.15. The van der Waals surface area contributed by atoms with Gasteiger partial charge in [-0.2, -0.15) is 0 Å². The molecule has 0 spiro atoms. The maximum absolute atomic E-state index is 8.64. The first kappa shape index (κ1) is 10.8. The van der Waals surface area contributed by atoms with Crippen molar-refractivity contribution in [1.82, 2.24) is 0 Å². The molecule has 4 heteroatoms. The second kappa shape index (κ2) is 6.54. The Labute approximate surface area is 66.7 Å². The topological polar surface area (TPSA) is 58.9 Å². The van der Waals surface area contributed by atoms with Gasteiger partial charge in [-0.1, -0.05) is 0 Å². The molecule has 0 amide bonds. The maximum Gasteiger partial charge on any atom is 0.103 e. The van der Waals surface area contributed by atoms with E-state index in [1.165, 1.54) is 7.11 Å². The summed E-state index contributed by atoms with van der Waals surface area (Å²) in [6, 6.07) is 0. The minimum Gasteiger partial charge on any atom is -0.394 e. The SMILES string of the molecule is COC(CO)COC(C)CO. The lowest BCUT2D eigenvalue weighted by Crippen LogP contribution is -2.26. The smallest absolute Gasteiger partial charge is 0.103 e. The normalized spacial score (nSPS) is 16.4. The van der Waals surface area contributed by atoms with Crippen LogP contribution in [0.15, 0.2) is 0 Å². The largest absolute Gasteiger partial charge is 0.394 e. The van der Waals surface area contributed by atoms with Gasteiger partial charge >= 0.3 is 0 Å². The predicted molar refractivity (Wildman–Crippen MR) is 40.4 cm³/mol. The molecule has 68 valence electrons. The molecular weight excluding hydrogens is 148 g/mol. The highest BCUT2D eigenvalue weighted by molar-refractivity contribution is 4.54. The Hall–Kier alpha value is -0.160. The Morgan fingerprint density at radius 3 is 2.27 bits per heavy atom. The fourth-order valence-electron chi connectivity index (χ4n) is 0.520. The molecule has 0 fully saturated rings. The van der Waals surface area contributed by atoms with Crippen molar-refractivity contribution in [2.45, 2.75) is 19.1 Å². The minimum absolute atomic E-state index is 0.0120. The number of aliphatic hydroxyl groups is 2. The molecule has 4 nitrogen and oxygen atoms in total. The zero-order valence-corrected chi connectivity index (χ0v) is 6.99. The van der Waals surface area contributed by atoms with E-state index in [2.05, 4.69) is 0 Å². The van der Waals surface area contributed by atoms with Crippen LogP contribution in [0.25, 0.3) is 0 Å². The van der Waals surface area contributed by atoms with E-state index in [4.69, 9.17) is 19.7 Å². The van der Waals surface area contributed by atoms with Gasteiger partial charge in [0.2, 0.25) is 0 Å². The van der Waals surface area contributed by atoms with Gasteiger partial charge < -0.3 is 19.7 Å². The minimum atomic E-state index is -0.288. The van der Waals surface area contributed by atoms with Gasteiger partial charge in [-0.05, 0) is 6.92 Å². The number of methoxy groups -OCH3 is 1. The van der Waals surface area contributed by atoms with Crippen LogP contribution in [0.2, 0.25) is 0 Å². The molecule has 0 saturated carbocycles. The summed E-state index contributed by atoms with van der Waals surface area (Å²) in [6.07, 6.45) is -0.483. The van der Waals surface area contributed by atoms with Crippen LogP contribution in [0.4, 0.5) is 0 Å². The Bertz CT molecular complexity index is 82.5. The van der Waals surface area contributed by atoms with Gasteiger partial charge in [-0.25, -0.2) is 0 Å². The number of rotatable bonds is 6. The van der Waals surface area contributed by atoms with E-state index < -0.39 is 0 Å². The van der Waals surface area contributed by atoms with Gasteiger partial charge in [0.1, 0.15) is 6.10 Å². The zero-order chi connectivity index (χ0) is 8.69. The van der Waals surface area contributed by atoms with Crippen molar-refractivity contribution < 1.29 is 19.7 Å². The molecule has 0 saturated heterocycles. The van der Waals surface area contributed by atoms with E-state index in [0.29, 0.717) is 6.61 Å². The number of hydrogen-bond acceptors (Lipinski definition) is 4. The molecule has 0 heterocycles. The van der Waals surface area contributed by atoms with Crippen LogP contribution >= 0.6 is 0 Å². The summed E-state index contributed by atoms with van der Waals surface area (Å²) in [4.78, 5) is 0. The average molecular weight is 164 g/mol. The van der Waals surface area contributed by atoms with Gasteiger partial charge in [-0.15, -0.1) is 0 Å². The molecule has 0 aromatic heterocycles. The summed E-state index contributed by atoms with van der Waals surface area (Å²) < 4.78 is 9.94. The summed E-state index contributed by atoms with van der Waals surface area (Å²) in [7, 11) is 1.51. The summed E-state index contributed by atoms with van der Waals surface area (Å²) in [6.45, 7) is 2.00. The van der Waals surface area contributed by atoms with Crippen molar-refractivity contribution >= 4 is 0 Å². The molecule has 0 aliphatic rings. The van der Waals surface area contributed by atoms with Gasteiger partial charge in [0, 0.05) is 7.11 Å². The van der Waals surface area contributed by atoms with Crippen LogP contribution in [0.1, 0.15) is 6.92 Å². The molecule has 11 heavy (non-hydrogen) atoms. The molecule has 0 aliphatic heterocycles. The third-order valence-electron chi connectivity index (χ3n) is 1.36. The van der Waals surface area contributed by atoms with Crippen LogP contribution in [-0.4, -0.2) is 49.4 Å². The van der Waals surface area contributed by atoms with Gasteiger partial charge in [0.15, 0.2) is 0 Å². The summed E-state index contributed by atoms with van der Waals surface area (Å²) in [5, 5.41) is 17.2. The van der Waals surface area contributed by atoms with Crippen LogP contribution < -0.4 is 0 Å². The molecule has 0 aromatic rings. The van der Waals surface area contributed by atoms with E-state index in [0.717, 1.165) is 0 Å². The van der Waals surface area contributed by atoms with E-state index in [-0.39, 0.29) is 25.4 Å². The third kappa shape index (κ3) is 5.15. The molecular formula is C7H16O4. The first-order chi connectivity index (χ1) is 5.24. The standard InChI is InChI=1S/C7H16O4/c1-6(3-8)11-5-7(4-9)10-2/h6-9H,3-5H2,1-2H3. The monoisotopic (exact) mass is 164 g/mol. The van der Waals surface area contributed by atoms with Crippen molar-refractivity contribution in [3.8, 4) is 0 Å². The summed E-state index contributed by atoms with van der Waals surface area (Å²) >= 11 is 0. The van der Waals surface area contributed by atoms with Crippen molar-refractivity contribution in [2.24, 2.45) is 0 Å². The lowest BCUT2D eigenvalue weighted by molar-refractivity contribution is -0.0545. The highest BCUT2D eigenvalue weighted by Gasteiger charge is 2.07. The fourth-order valence-corrected chi connectivity index (χ4v) is 0.520. The van der Waals surface area contributed by atoms with Crippen molar-refractivity contribution in [3.63, 3.8) is 0 Å². The van der Waals surface area contributed by atoms with E-state index in [1.807, 2.05) is 0 Å². The van der Waals surface area contributed by atoms with Crippen molar-refractivity contribution in [3.05, 3.63) is 0 Å². The Morgan fingerprint density at radius 1 is 1.27 bits per heavy atom. The van der Waals surface area contributed by atoms with Crippen molar-refractivity contribution in [1.29, 1.82) is 0 Å². The van der Waals surface area contributed by atoms with Crippen molar-refractivity contribution in [2.75, 3.05) is 26.9 Å². The molecule has 0 aliphatic carbocycles. The maximum atomic E-state index is 8.64. The number of ether oxygens (including phenoxy) is 2. The highest BCUT2D eigenvalue weighted by Crippen LogP contribution is 1.94. The van der Waals surface area contributed by atoms with Crippen LogP contribution in [0.3, 0.4) is 0 Å². The molecule has 0 aromatic carbocycles. The first-order valence-electron chi connectivity index (χ1n) is 3.60. The van der Waals surface area contributed by atoms with Crippen LogP contribution in [0.5, 0.6) is 0 Å². The average Bonchev–Trinajstić information content (AvgIpc) is 2.06. The van der Waals surface area contributed by atoms with Gasteiger partial charge in [0.05, 0.1) is 25.9 Å². The Morgan fingerprint density at radius 2 is 1.91 bits per heavy atom. The Kier molecular flexibility index (Phi) is 6.45. The molecule has 2 unspecified atom stereocenters. The predicted octanol–water partition coefficient (Wildman–Crippen LogP) is -0.609. The quantitative estimate of drug-likeness (QED) is 0.550. The van der Waals surface area contributed by atoms with E-state index in [9.17, 15) is 0 Å². The number of aliphatic hydroxyl groups excluding tert-OH is 2. The Balaban J connectivity index is 3.34.